The van der Waals surface area contributed by atoms with Crippen LogP contribution in [0.25, 0.3) is 0 Å². The summed E-state index contributed by atoms with van der Waals surface area (Å²) in [6.07, 6.45) is 7.19. The Balaban J connectivity index is 2.47. The van der Waals surface area contributed by atoms with E-state index in [1.54, 1.807) is 6.08 Å². The number of oxazole rings is 1. The van der Waals surface area contributed by atoms with Crippen molar-refractivity contribution >= 4 is 21.7 Å². The maximum atomic E-state index is 11.3. The van der Waals surface area contributed by atoms with E-state index in [2.05, 4.69) is 4.98 Å². The average Bonchev–Trinajstić information content (AvgIpc) is 2.67. The zero-order valence-electron chi connectivity index (χ0n) is 9.22. The Hall–Kier alpha value is -0.850. The van der Waals surface area contributed by atoms with Crippen LogP contribution in [0.4, 0.5) is 0 Å². The molecule has 1 aromatic heterocycles. The van der Waals surface area contributed by atoms with Gasteiger partial charge in [0, 0.05) is 5.03 Å². The minimum atomic E-state index is -3.62. The van der Waals surface area contributed by atoms with Crippen LogP contribution >= 0.6 is 11.6 Å². The highest BCUT2D eigenvalue weighted by Gasteiger charge is 2.40. The third-order valence-corrected chi connectivity index (χ3v) is 3.40. The number of aromatic nitrogens is 1. The molecule has 1 unspecified atom stereocenters. The minimum absolute atomic E-state index is 0.348. The number of rotatable bonds is 3. The lowest BCUT2D eigenvalue weighted by Gasteiger charge is -2.30. The summed E-state index contributed by atoms with van der Waals surface area (Å²) in [5.74, 6) is 0.348. The van der Waals surface area contributed by atoms with Crippen molar-refractivity contribution in [2.75, 3.05) is 6.26 Å². The van der Waals surface area contributed by atoms with Crippen LogP contribution in [-0.2, 0) is 19.9 Å². The van der Waals surface area contributed by atoms with Crippen LogP contribution in [0.5, 0.6) is 0 Å². The highest BCUT2D eigenvalue weighted by atomic mass is 35.5. The first-order chi connectivity index (χ1) is 7.91. The van der Waals surface area contributed by atoms with Crippen LogP contribution in [0, 0.1) is 0 Å². The van der Waals surface area contributed by atoms with Gasteiger partial charge in [-0.2, -0.15) is 8.42 Å². The second kappa shape index (κ2) is 4.44. The molecular formula is C10H12ClNO4S. The summed E-state index contributed by atoms with van der Waals surface area (Å²) in [5, 5.41) is 0.566. The first-order valence-corrected chi connectivity index (χ1v) is 7.28. The number of hydrogen-bond acceptors (Lipinski definition) is 5. The molecule has 1 atom stereocenters. The molecule has 2 rings (SSSR count). The maximum Gasteiger partial charge on any atom is 0.265 e. The van der Waals surface area contributed by atoms with Crippen LogP contribution in [0.2, 0.25) is 0 Å². The fourth-order valence-electron chi connectivity index (χ4n) is 1.91. The Morgan fingerprint density at radius 3 is 2.88 bits per heavy atom. The third-order valence-electron chi connectivity index (χ3n) is 2.50. The Bertz CT molecular complexity index is 523. The Labute approximate surface area is 105 Å². The Kier molecular flexibility index (Phi) is 3.29. The molecule has 0 saturated carbocycles. The van der Waals surface area contributed by atoms with Gasteiger partial charge in [0.05, 0.1) is 12.5 Å². The van der Waals surface area contributed by atoms with Gasteiger partial charge >= 0.3 is 0 Å². The highest BCUT2D eigenvalue weighted by Crippen LogP contribution is 2.40. The van der Waals surface area contributed by atoms with E-state index in [0.717, 1.165) is 12.7 Å². The summed E-state index contributed by atoms with van der Waals surface area (Å²) < 4.78 is 33.0. The van der Waals surface area contributed by atoms with E-state index in [0.29, 0.717) is 23.6 Å². The van der Waals surface area contributed by atoms with Crippen molar-refractivity contribution in [1.82, 2.24) is 4.98 Å². The predicted octanol–water partition coefficient (Wildman–Crippen LogP) is 2.15. The lowest BCUT2D eigenvalue weighted by molar-refractivity contribution is 0.0850. The Morgan fingerprint density at radius 1 is 1.59 bits per heavy atom. The van der Waals surface area contributed by atoms with Crippen molar-refractivity contribution < 1.29 is 17.0 Å². The number of hydrogen-bond donors (Lipinski definition) is 0. The first kappa shape index (κ1) is 12.6. The molecule has 1 aromatic rings. The second-order valence-electron chi connectivity index (χ2n) is 3.99. The molecule has 0 spiro atoms. The minimum Gasteiger partial charge on any atom is -0.445 e. The molecule has 1 heterocycles. The molecule has 0 fully saturated rings. The molecule has 5 nitrogen and oxygen atoms in total. The summed E-state index contributed by atoms with van der Waals surface area (Å²) in [5.41, 5.74) is -1.15. The molecule has 7 heteroatoms. The largest absolute Gasteiger partial charge is 0.445 e. The molecule has 0 N–H and O–H groups in total. The van der Waals surface area contributed by atoms with E-state index in [9.17, 15) is 8.42 Å². The molecular weight excluding hydrogens is 266 g/mol. The summed E-state index contributed by atoms with van der Waals surface area (Å²) in [4.78, 5) is 3.78. The van der Waals surface area contributed by atoms with Gasteiger partial charge in [-0.25, -0.2) is 4.98 Å². The fraction of sp³-hybridized carbons (Fsp3) is 0.500. The standard InChI is InChI=1S/C10H12ClNO4S/c1-17(13,14)16-10(9-6-12-7-15-9)4-2-3-8(11)5-10/h5-7H,2-4H2,1H3. The molecule has 94 valence electrons. The van der Waals surface area contributed by atoms with Crippen molar-refractivity contribution in [2.45, 2.75) is 24.9 Å². The highest BCUT2D eigenvalue weighted by molar-refractivity contribution is 7.86. The molecule has 1 aliphatic carbocycles. The van der Waals surface area contributed by atoms with Gasteiger partial charge in [-0.15, -0.1) is 0 Å². The fourth-order valence-corrected chi connectivity index (χ4v) is 2.98. The zero-order chi connectivity index (χ0) is 12.5. The molecule has 17 heavy (non-hydrogen) atoms. The summed E-state index contributed by atoms with van der Waals surface area (Å²) in [7, 11) is -3.62. The van der Waals surface area contributed by atoms with Crippen LogP contribution in [0.1, 0.15) is 25.0 Å². The van der Waals surface area contributed by atoms with E-state index in [1.165, 1.54) is 12.6 Å². The van der Waals surface area contributed by atoms with Crippen LogP contribution in [-0.4, -0.2) is 19.7 Å². The smallest absolute Gasteiger partial charge is 0.265 e. The SMILES string of the molecule is CS(=O)(=O)OC1(c2cnco2)C=C(Cl)CCC1. The van der Waals surface area contributed by atoms with E-state index >= 15 is 0 Å². The quantitative estimate of drug-likeness (QED) is 0.792. The lowest BCUT2D eigenvalue weighted by atomic mass is 9.89. The van der Waals surface area contributed by atoms with E-state index in [-0.39, 0.29) is 0 Å². The first-order valence-electron chi connectivity index (χ1n) is 5.08. The second-order valence-corrected chi connectivity index (χ2v) is 6.05. The van der Waals surface area contributed by atoms with Crippen LogP contribution in [0.3, 0.4) is 0 Å². The van der Waals surface area contributed by atoms with E-state index < -0.39 is 15.7 Å². The molecule has 0 aromatic carbocycles. The van der Waals surface area contributed by atoms with Gasteiger partial charge in [0.2, 0.25) is 0 Å². The number of nitrogens with zero attached hydrogens (tertiary/aromatic N) is 1. The van der Waals surface area contributed by atoms with Gasteiger partial charge in [-0.05, 0) is 25.3 Å². The van der Waals surface area contributed by atoms with Gasteiger partial charge in [0.15, 0.2) is 17.8 Å². The van der Waals surface area contributed by atoms with Crippen molar-refractivity contribution in [3.05, 3.63) is 29.5 Å². The van der Waals surface area contributed by atoms with Crippen molar-refractivity contribution in [3.8, 4) is 0 Å². The van der Waals surface area contributed by atoms with E-state index in [1.807, 2.05) is 0 Å². The third kappa shape index (κ3) is 2.88. The lowest BCUT2D eigenvalue weighted by Crippen LogP contribution is -2.31. The average molecular weight is 278 g/mol. The van der Waals surface area contributed by atoms with Crippen molar-refractivity contribution in [2.24, 2.45) is 0 Å². The van der Waals surface area contributed by atoms with Gasteiger partial charge < -0.3 is 4.42 Å². The Morgan fingerprint density at radius 2 is 2.35 bits per heavy atom. The monoisotopic (exact) mass is 277 g/mol. The molecule has 0 bridgehead atoms. The van der Waals surface area contributed by atoms with Crippen molar-refractivity contribution in [3.63, 3.8) is 0 Å². The van der Waals surface area contributed by atoms with E-state index in [4.69, 9.17) is 20.2 Å². The molecule has 0 amide bonds. The predicted molar refractivity (Wildman–Crippen MR) is 61.9 cm³/mol. The summed E-state index contributed by atoms with van der Waals surface area (Å²) in [6.45, 7) is 0. The molecule has 0 aliphatic heterocycles. The molecule has 0 radical (unpaired) electrons. The normalized spacial score (nSPS) is 25.6. The number of allylic oxidation sites excluding steroid dienone is 1. The maximum absolute atomic E-state index is 11.3. The number of halogens is 1. The van der Waals surface area contributed by atoms with Crippen LogP contribution in [0.15, 0.2) is 28.1 Å². The summed E-state index contributed by atoms with van der Waals surface area (Å²) in [6, 6.07) is 0. The van der Waals surface area contributed by atoms with Crippen LogP contribution < -0.4 is 0 Å². The molecule has 0 saturated heterocycles. The van der Waals surface area contributed by atoms with Gasteiger partial charge in [0.1, 0.15) is 0 Å². The van der Waals surface area contributed by atoms with Crippen molar-refractivity contribution in [1.29, 1.82) is 0 Å². The zero-order valence-corrected chi connectivity index (χ0v) is 10.8. The van der Waals surface area contributed by atoms with Gasteiger partial charge in [-0.1, -0.05) is 11.6 Å². The van der Waals surface area contributed by atoms with Gasteiger partial charge in [-0.3, -0.25) is 4.18 Å². The molecule has 1 aliphatic rings. The summed E-state index contributed by atoms with van der Waals surface area (Å²) >= 11 is 5.97. The topological polar surface area (TPSA) is 69.4 Å². The van der Waals surface area contributed by atoms with Gasteiger partial charge in [0.25, 0.3) is 10.1 Å².